The molecule has 1 aliphatic rings. The van der Waals surface area contributed by atoms with E-state index in [2.05, 4.69) is 4.98 Å². The Hall–Kier alpha value is -1.04. The van der Waals surface area contributed by atoms with E-state index in [4.69, 9.17) is 10.2 Å². The van der Waals surface area contributed by atoms with Crippen LogP contribution in [0.15, 0.2) is 33.9 Å². The molecule has 2 aromatic rings. The second kappa shape index (κ2) is 4.57. The largest absolute Gasteiger partial charge is 0.431 e. The number of thioether (sulfide) groups is 1. The molecule has 0 spiro atoms. The normalized spacial score (nSPS) is 28.0. The predicted octanol–water partition coefficient (Wildman–Crippen LogP) is 2.16. The van der Waals surface area contributed by atoms with Crippen molar-refractivity contribution in [3.05, 3.63) is 24.3 Å². The van der Waals surface area contributed by atoms with Crippen LogP contribution in [0.4, 0.5) is 0 Å². The summed E-state index contributed by atoms with van der Waals surface area (Å²) in [7, 11) is 0. The molecular formula is C13H16N2O2S. The zero-order chi connectivity index (χ0) is 12.6. The summed E-state index contributed by atoms with van der Waals surface area (Å²) in [6.45, 7) is 0.0532. The van der Waals surface area contributed by atoms with Crippen LogP contribution >= 0.6 is 11.8 Å². The number of oxazole rings is 1. The van der Waals surface area contributed by atoms with E-state index in [0.29, 0.717) is 10.5 Å². The van der Waals surface area contributed by atoms with Gasteiger partial charge in [-0.15, -0.1) is 0 Å². The van der Waals surface area contributed by atoms with Crippen LogP contribution in [0.2, 0.25) is 0 Å². The van der Waals surface area contributed by atoms with Gasteiger partial charge in [0, 0.05) is 10.8 Å². The standard InChI is InChI=1S/C13H16N2O2S/c14-13(8-16)6-5-9(7-13)18-12-15-10-3-1-2-4-11(10)17-12/h1-4,9,16H,5-8,14H2. The summed E-state index contributed by atoms with van der Waals surface area (Å²) in [5.41, 5.74) is 7.36. The Labute approximate surface area is 110 Å². The highest BCUT2D eigenvalue weighted by atomic mass is 32.2. The fraction of sp³-hybridized carbons (Fsp3) is 0.462. The van der Waals surface area contributed by atoms with Gasteiger partial charge in [0.05, 0.1) is 6.61 Å². The minimum absolute atomic E-state index is 0.0532. The molecule has 0 bridgehead atoms. The van der Waals surface area contributed by atoms with E-state index in [-0.39, 0.29) is 6.61 Å². The number of nitrogens with zero attached hydrogens (tertiary/aromatic N) is 1. The van der Waals surface area contributed by atoms with Gasteiger partial charge in [0.15, 0.2) is 5.58 Å². The average molecular weight is 264 g/mol. The number of rotatable bonds is 3. The minimum Gasteiger partial charge on any atom is -0.431 e. The topological polar surface area (TPSA) is 72.3 Å². The summed E-state index contributed by atoms with van der Waals surface area (Å²) in [6, 6.07) is 7.75. The van der Waals surface area contributed by atoms with E-state index in [1.807, 2.05) is 24.3 Å². The Morgan fingerprint density at radius 3 is 3.06 bits per heavy atom. The summed E-state index contributed by atoms with van der Waals surface area (Å²) in [6.07, 6.45) is 2.68. The lowest BCUT2D eigenvalue weighted by Crippen LogP contribution is -2.40. The lowest BCUT2D eigenvalue weighted by molar-refractivity contribution is 0.200. The molecule has 1 fully saturated rings. The van der Waals surface area contributed by atoms with Gasteiger partial charge in [-0.2, -0.15) is 0 Å². The highest BCUT2D eigenvalue weighted by Crippen LogP contribution is 2.39. The van der Waals surface area contributed by atoms with E-state index in [1.54, 1.807) is 11.8 Å². The van der Waals surface area contributed by atoms with Crippen molar-refractivity contribution in [2.75, 3.05) is 6.61 Å². The monoisotopic (exact) mass is 264 g/mol. The maximum atomic E-state index is 9.25. The zero-order valence-corrected chi connectivity index (χ0v) is 10.8. The van der Waals surface area contributed by atoms with Crippen molar-refractivity contribution in [2.24, 2.45) is 5.73 Å². The quantitative estimate of drug-likeness (QED) is 0.888. The molecule has 2 atom stereocenters. The van der Waals surface area contributed by atoms with E-state index >= 15 is 0 Å². The number of aromatic nitrogens is 1. The summed E-state index contributed by atoms with van der Waals surface area (Å²) in [5, 5.41) is 10.3. The summed E-state index contributed by atoms with van der Waals surface area (Å²) < 4.78 is 5.68. The van der Waals surface area contributed by atoms with Crippen LogP contribution < -0.4 is 5.73 Å². The van der Waals surface area contributed by atoms with Crippen molar-refractivity contribution >= 4 is 22.9 Å². The van der Waals surface area contributed by atoms with E-state index in [1.165, 1.54) is 0 Å². The number of aliphatic hydroxyl groups is 1. The van der Waals surface area contributed by atoms with Crippen molar-refractivity contribution in [3.63, 3.8) is 0 Å². The number of benzene rings is 1. The van der Waals surface area contributed by atoms with Gasteiger partial charge in [-0.25, -0.2) is 4.98 Å². The molecule has 4 nitrogen and oxygen atoms in total. The van der Waals surface area contributed by atoms with Gasteiger partial charge in [0.1, 0.15) is 5.52 Å². The third-order valence-corrected chi connectivity index (χ3v) is 4.57. The van der Waals surface area contributed by atoms with Crippen LogP contribution in [0.3, 0.4) is 0 Å². The maximum absolute atomic E-state index is 9.25. The first-order valence-corrected chi connectivity index (χ1v) is 6.98. The molecule has 1 aliphatic carbocycles. The highest BCUT2D eigenvalue weighted by Gasteiger charge is 2.36. The Morgan fingerprint density at radius 2 is 2.33 bits per heavy atom. The zero-order valence-electron chi connectivity index (χ0n) is 10.0. The average Bonchev–Trinajstić information content (AvgIpc) is 2.93. The van der Waals surface area contributed by atoms with Crippen LogP contribution in [-0.4, -0.2) is 27.5 Å². The fourth-order valence-corrected chi connectivity index (χ4v) is 3.62. The van der Waals surface area contributed by atoms with Gasteiger partial charge in [-0.05, 0) is 31.4 Å². The van der Waals surface area contributed by atoms with Crippen LogP contribution in [0.1, 0.15) is 19.3 Å². The number of fused-ring (bicyclic) bond motifs is 1. The Kier molecular flexibility index (Phi) is 3.05. The molecular weight excluding hydrogens is 248 g/mol. The molecule has 0 aliphatic heterocycles. The number of hydrogen-bond acceptors (Lipinski definition) is 5. The van der Waals surface area contributed by atoms with Crippen molar-refractivity contribution < 1.29 is 9.52 Å². The summed E-state index contributed by atoms with van der Waals surface area (Å²) in [4.78, 5) is 4.44. The molecule has 0 saturated heterocycles. The fourth-order valence-electron chi connectivity index (χ4n) is 2.39. The van der Waals surface area contributed by atoms with E-state index in [0.717, 1.165) is 30.4 Å². The number of para-hydroxylation sites is 2. The third-order valence-electron chi connectivity index (χ3n) is 3.46. The lowest BCUT2D eigenvalue weighted by Gasteiger charge is -2.20. The van der Waals surface area contributed by atoms with E-state index < -0.39 is 5.54 Å². The Bertz CT molecular complexity index is 524. The van der Waals surface area contributed by atoms with Crippen LogP contribution in [-0.2, 0) is 0 Å². The SMILES string of the molecule is NC1(CO)CCC(Sc2nc3ccccc3o2)C1. The molecule has 2 unspecified atom stereocenters. The Morgan fingerprint density at radius 1 is 1.50 bits per heavy atom. The number of nitrogens with two attached hydrogens (primary N) is 1. The summed E-state index contributed by atoms with van der Waals surface area (Å²) in [5.74, 6) is 0. The van der Waals surface area contributed by atoms with Crippen LogP contribution in [0.25, 0.3) is 11.1 Å². The molecule has 3 rings (SSSR count). The third kappa shape index (κ3) is 2.25. The second-order valence-corrected chi connectivity index (χ2v) is 6.20. The maximum Gasteiger partial charge on any atom is 0.257 e. The van der Waals surface area contributed by atoms with Crippen molar-refractivity contribution in [3.8, 4) is 0 Å². The van der Waals surface area contributed by atoms with Crippen LogP contribution in [0.5, 0.6) is 0 Å². The molecule has 0 amide bonds. The van der Waals surface area contributed by atoms with Crippen molar-refractivity contribution in [2.45, 2.75) is 35.3 Å². The van der Waals surface area contributed by atoms with Crippen LogP contribution in [0, 0.1) is 0 Å². The van der Waals surface area contributed by atoms with Crippen molar-refractivity contribution in [1.82, 2.24) is 4.98 Å². The molecule has 18 heavy (non-hydrogen) atoms. The van der Waals surface area contributed by atoms with Gasteiger partial charge in [0.2, 0.25) is 0 Å². The highest BCUT2D eigenvalue weighted by molar-refractivity contribution is 7.99. The molecule has 1 aromatic heterocycles. The first kappa shape index (κ1) is 12.0. The second-order valence-electron chi connectivity index (χ2n) is 4.95. The lowest BCUT2D eigenvalue weighted by atomic mass is 10.0. The number of hydrogen-bond donors (Lipinski definition) is 2. The molecule has 3 N–H and O–H groups in total. The molecule has 1 aromatic carbocycles. The summed E-state index contributed by atoms with van der Waals surface area (Å²) >= 11 is 1.63. The predicted molar refractivity (Wildman–Crippen MR) is 71.5 cm³/mol. The molecule has 5 heteroatoms. The molecule has 96 valence electrons. The van der Waals surface area contributed by atoms with Gasteiger partial charge in [-0.1, -0.05) is 23.9 Å². The van der Waals surface area contributed by atoms with E-state index in [9.17, 15) is 5.11 Å². The molecule has 1 heterocycles. The molecule has 0 radical (unpaired) electrons. The van der Waals surface area contributed by atoms with Gasteiger partial charge >= 0.3 is 0 Å². The number of aliphatic hydroxyl groups excluding tert-OH is 1. The van der Waals surface area contributed by atoms with Gasteiger partial charge in [0.25, 0.3) is 5.22 Å². The molecule has 1 saturated carbocycles. The first-order valence-electron chi connectivity index (χ1n) is 6.10. The van der Waals surface area contributed by atoms with Crippen molar-refractivity contribution in [1.29, 1.82) is 0 Å². The van der Waals surface area contributed by atoms with Gasteiger partial charge in [-0.3, -0.25) is 0 Å². The first-order chi connectivity index (χ1) is 8.68. The van der Waals surface area contributed by atoms with Gasteiger partial charge < -0.3 is 15.3 Å². The smallest absolute Gasteiger partial charge is 0.257 e. The Balaban J connectivity index is 1.73. The minimum atomic E-state index is -0.413.